The molecule has 0 radical (unpaired) electrons. The third kappa shape index (κ3) is 3.26. The molecule has 1 aromatic rings. The Morgan fingerprint density at radius 1 is 1.53 bits per heavy atom. The minimum absolute atomic E-state index is 0.0944. The molecule has 1 fully saturated rings. The van der Waals surface area contributed by atoms with Crippen LogP contribution in [0.15, 0.2) is 27.6 Å². The van der Waals surface area contributed by atoms with Gasteiger partial charge >= 0.3 is 0 Å². The average Bonchev–Trinajstić information content (AvgIpc) is 3.09. The smallest absolute Gasteiger partial charge is 0.254 e. The van der Waals surface area contributed by atoms with Gasteiger partial charge in [-0.05, 0) is 43.9 Å². The van der Waals surface area contributed by atoms with E-state index in [-0.39, 0.29) is 5.91 Å². The van der Waals surface area contributed by atoms with Crippen LogP contribution in [0.25, 0.3) is 0 Å². The molecule has 0 aromatic heterocycles. The second-order valence-corrected chi connectivity index (χ2v) is 5.85. The quantitative estimate of drug-likeness (QED) is 0.842. The number of halogens is 1. The van der Waals surface area contributed by atoms with Crippen molar-refractivity contribution in [2.24, 2.45) is 5.92 Å². The van der Waals surface area contributed by atoms with Gasteiger partial charge in [0, 0.05) is 22.5 Å². The van der Waals surface area contributed by atoms with Crippen molar-refractivity contribution in [3.05, 3.63) is 28.2 Å². The van der Waals surface area contributed by atoms with Crippen molar-refractivity contribution in [2.75, 3.05) is 13.1 Å². The van der Waals surface area contributed by atoms with Gasteiger partial charge in [0.2, 0.25) is 0 Å². The SMILES string of the molecule is CCN(CC1CC1)C(=O)c1ccc(Br)cc1S. The molecule has 17 heavy (non-hydrogen) atoms. The molecule has 0 aliphatic heterocycles. The topological polar surface area (TPSA) is 20.3 Å². The Balaban J connectivity index is 2.15. The Morgan fingerprint density at radius 2 is 2.24 bits per heavy atom. The molecule has 0 spiro atoms. The lowest BCUT2D eigenvalue weighted by Gasteiger charge is -2.21. The fraction of sp³-hybridized carbons (Fsp3) is 0.462. The van der Waals surface area contributed by atoms with Crippen molar-refractivity contribution in [1.82, 2.24) is 4.90 Å². The monoisotopic (exact) mass is 313 g/mol. The molecule has 0 atom stereocenters. The molecule has 2 rings (SSSR count). The summed E-state index contributed by atoms with van der Waals surface area (Å²) in [6.45, 7) is 3.68. The molecule has 0 saturated heterocycles. The molecule has 92 valence electrons. The summed E-state index contributed by atoms with van der Waals surface area (Å²) >= 11 is 7.75. The molecule has 0 N–H and O–H groups in total. The molecule has 4 heteroatoms. The van der Waals surface area contributed by atoms with Gasteiger partial charge in [-0.15, -0.1) is 12.6 Å². The van der Waals surface area contributed by atoms with Crippen LogP contribution in [0.1, 0.15) is 30.1 Å². The highest BCUT2D eigenvalue weighted by atomic mass is 79.9. The molecule has 1 aromatic carbocycles. The van der Waals surface area contributed by atoms with Crippen LogP contribution in [0.5, 0.6) is 0 Å². The van der Waals surface area contributed by atoms with E-state index in [0.29, 0.717) is 5.56 Å². The first-order valence-electron chi connectivity index (χ1n) is 5.89. The number of carbonyl (C=O) groups excluding carboxylic acids is 1. The lowest BCUT2D eigenvalue weighted by Crippen LogP contribution is -2.32. The summed E-state index contributed by atoms with van der Waals surface area (Å²) in [7, 11) is 0. The highest BCUT2D eigenvalue weighted by molar-refractivity contribution is 9.10. The molecule has 0 bridgehead atoms. The van der Waals surface area contributed by atoms with E-state index < -0.39 is 0 Å². The summed E-state index contributed by atoms with van der Waals surface area (Å²) in [5.41, 5.74) is 0.694. The van der Waals surface area contributed by atoms with Gasteiger partial charge in [0.1, 0.15) is 0 Å². The largest absolute Gasteiger partial charge is 0.339 e. The van der Waals surface area contributed by atoms with Crippen LogP contribution < -0.4 is 0 Å². The van der Waals surface area contributed by atoms with E-state index in [1.807, 2.05) is 30.0 Å². The van der Waals surface area contributed by atoms with E-state index in [4.69, 9.17) is 0 Å². The number of amides is 1. The minimum Gasteiger partial charge on any atom is -0.339 e. The highest BCUT2D eigenvalue weighted by Crippen LogP contribution is 2.30. The van der Waals surface area contributed by atoms with Gasteiger partial charge in [-0.2, -0.15) is 0 Å². The maximum atomic E-state index is 12.3. The number of rotatable bonds is 4. The van der Waals surface area contributed by atoms with E-state index in [9.17, 15) is 4.79 Å². The van der Waals surface area contributed by atoms with Crippen molar-refractivity contribution < 1.29 is 4.79 Å². The third-order valence-corrected chi connectivity index (χ3v) is 3.90. The van der Waals surface area contributed by atoms with Crippen LogP contribution in [0.4, 0.5) is 0 Å². The van der Waals surface area contributed by atoms with Gasteiger partial charge in [0.15, 0.2) is 0 Å². The third-order valence-electron chi connectivity index (χ3n) is 3.03. The van der Waals surface area contributed by atoms with Crippen molar-refractivity contribution in [1.29, 1.82) is 0 Å². The number of nitrogens with zero attached hydrogens (tertiary/aromatic N) is 1. The molecule has 1 aliphatic rings. The predicted molar refractivity (Wildman–Crippen MR) is 75.7 cm³/mol. The van der Waals surface area contributed by atoms with Gasteiger partial charge < -0.3 is 4.90 Å². The first kappa shape index (κ1) is 13.0. The summed E-state index contributed by atoms with van der Waals surface area (Å²) in [5.74, 6) is 0.814. The molecule has 2 nitrogen and oxygen atoms in total. The molecule has 0 unspecified atom stereocenters. The van der Waals surface area contributed by atoms with Gasteiger partial charge in [-0.25, -0.2) is 0 Å². The van der Waals surface area contributed by atoms with Crippen LogP contribution in [-0.2, 0) is 0 Å². The zero-order valence-electron chi connectivity index (χ0n) is 9.82. The van der Waals surface area contributed by atoms with Gasteiger partial charge in [0.25, 0.3) is 5.91 Å². The molecular weight excluding hydrogens is 298 g/mol. The Kier molecular flexibility index (Phi) is 4.15. The Bertz CT molecular complexity index is 431. The summed E-state index contributed by atoms with van der Waals surface area (Å²) in [5, 5.41) is 0. The Morgan fingerprint density at radius 3 is 2.76 bits per heavy atom. The van der Waals surface area contributed by atoms with Crippen molar-refractivity contribution in [3.63, 3.8) is 0 Å². The average molecular weight is 314 g/mol. The fourth-order valence-electron chi connectivity index (χ4n) is 1.82. The van der Waals surface area contributed by atoms with E-state index in [2.05, 4.69) is 28.6 Å². The molecule has 0 heterocycles. The van der Waals surface area contributed by atoms with Crippen molar-refractivity contribution in [2.45, 2.75) is 24.7 Å². The number of benzene rings is 1. The lowest BCUT2D eigenvalue weighted by molar-refractivity contribution is 0.0753. The van der Waals surface area contributed by atoms with E-state index in [1.54, 1.807) is 0 Å². The van der Waals surface area contributed by atoms with Crippen LogP contribution in [0, 0.1) is 5.92 Å². The number of carbonyl (C=O) groups is 1. The van der Waals surface area contributed by atoms with E-state index in [0.717, 1.165) is 28.4 Å². The Hall–Kier alpha value is -0.480. The lowest BCUT2D eigenvalue weighted by atomic mass is 10.2. The van der Waals surface area contributed by atoms with Crippen molar-refractivity contribution >= 4 is 34.5 Å². The maximum absolute atomic E-state index is 12.3. The second-order valence-electron chi connectivity index (χ2n) is 4.45. The number of hydrogen-bond acceptors (Lipinski definition) is 2. The predicted octanol–water partition coefficient (Wildman–Crippen LogP) is 3.61. The van der Waals surface area contributed by atoms with Crippen LogP contribution in [0.3, 0.4) is 0 Å². The van der Waals surface area contributed by atoms with E-state index in [1.165, 1.54) is 12.8 Å². The summed E-state index contributed by atoms with van der Waals surface area (Å²) in [6, 6.07) is 5.59. The van der Waals surface area contributed by atoms with E-state index >= 15 is 0 Å². The first-order valence-corrected chi connectivity index (χ1v) is 7.13. The standard InChI is InChI=1S/C13H16BrNOS/c1-2-15(8-9-3-4-9)13(16)11-6-5-10(14)7-12(11)17/h5-7,9,17H,2-4,8H2,1H3. The molecular formula is C13H16BrNOS. The summed E-state index contributed by atoms with van der Waals surface area (Å²) in [6.07, 6.45) is 2.52. The normalized spacial score (nSPS) is 14.8. The van der Waals surface area contributed by atoms with Gasteiger partial charge in [-0.3, -0.25) is 4.79 Å². The second kappa shape index (κ2) is 5.44. The minimum atomic E-state index is 0.0944. The molecule has 1 amide bonds. The summed E-state index contributed by atoms with van der Waals surface area (Å²) < 4.78 is 0.948. The molecule has 1 saturated carbocycles. The van der Waals surface area contributed by atoms with Crippen LogP contribution in [0.2, 0.25) is 0 Å². The van der Waals surface area contributed by atoms with Crippen molar-refractivity contribution in [3.8, 4) is 0 Å². The molecule has 1 aliphatic carbocycles. The summed E-state index contributed by atoms with van der Waals surface area (Å²) in [4.78, 5) is 15.0. The van der Waals surface area contributed by atoms with Gasteiger partial charge in [-0.1, -0.05) is 15.9 Å². The van der Waals surface area contributed by atoms with Crippen LogP contribution in [-0.4, -0.2) is 23.9 Å². The zero-order valence-corrected chi connectivity index (χ0v) is 12.3. The highest BCUT2D eigenvalue weighted by Gasteiger charge is 2.26. The zero-order chi connectivity index (χ0) is 12.4. The fourth-order valence-corrected chi connectivity index (χ4v) is 2.67. The maximum Gasteiger partial charge on any atom is 0.254 e. The number of thiol groups is 1. The Labute approximate surface area is 116 Å². The first-order chi connectivity index (χ1) is 8.11. The van der Waals surface area contributed by atoms with Gasteiger partial charge in [0.05, 0.1) is 5.56 Å². The van der Waals surface area contributed by atoms with Crippen LogP contribution >= 0.6 is 28.6 Å². The number of hydrogen-bond donors (Lipinski definition) is 1.